The molecule has 0 spiro atoms. The normalized spacial score (nSPS) is 10.8. The predicted octanol–water partition coefficient (Wildman–Crippen LogP) is 8.37. The van der Waals surface area contributed by atoms with Crippen molar-refractivity contribution in [2.75, 3.05) is 14.2 Å². The molecule has 0 unspecified atom stereocenters. The van der Waals surface area contributed by atoms with E-state index in [2.05, 4.69) is 89.3 Å². The molecule has 0 aliphatic carbocycles. The van der Waals surface area contributed by atoms with E-state index < -0.39 is 0 Å². The summed E-state index contributed by atoms with van der Waals surface area (Å²) in [5.41, 5.74) is 5.57. The van der Waals surface area contributed by atoms with Crippen LogP contribution in [0.3, 0.4) is 0 Å². The summed E-state index contributed by atoms with van der Waals surface area (Å²) in [7, 11) is 3.39. The summed E-state index contributed by atoms with van der Waals surface area (Å²) in [6.07, 6.45) is 0. The van der Waals surface area contributed by atoms with Crippen molar-refractivity contribution in [2.24, 2.45) is 0 Å². The summed E-state index contributed by atoms with van der Waals surface area (Å²) in [5.74, 6) is 2.46. The Labute approximate surface area is 219 Å². The number of rotatable bonds is 7. The van der Waals surface area contributed by atoms with Crippen LogP contribution in [0, 0.1) is 3.57 Å². The Kier molecular flexibility index (Phi) is 6.91. The van der Waals surface area contributed by atoms with Crippen LogP contribution in [0.25, 0.3) is 33.0 Å². The highest BCUT2D eigenvalue weighted by atomic mass is 127. The van der Waals surface area contributed by atoms with Crippen LogP contribution < -0.4 is 14.2 Å². The van der Waals surface area contributed by atoms with Gasteiger partial charge in [0.25, 0.3) is 0 Å². The van der Waals surface area contributed by atoms with Gasteiger partial charge in [-0.3, -0.25) is 0 Å². The lowest BCUT2D eigenvalue weighted by molar-refractivity contribution is 0.310. The van der Waals surface area contributed by atoms with E-state index in [4.69, 9.17) is 14.2 Å². The van der Waals surface area contributed by atoms with Crippen molar-refractivity contribution in [3.8, 4) is 39.5 Å². The van der Waals surface area contributed by atoms with Gasteiger partial charge in [-0.05, 0) is 75.0 Å². The van der Waals surface area contributed by atoms with E-state index in [1.165, 1.54) is 11.1 Å². The van der Waals surface area contributed by atoms with E-state index in [-0.39, 0.29) is 0 Å². The van der Waals surface area contributed by atoms with E-state index >= 15 is 0 Å². The average Bonchev–Trinajstić information content (AvgIpc) is 2.92. The van der Waals surface area contributed by atoms with Crippen LogP contribution in [0.2, 0.25) is 0 Å². The third kappa shape index (κ3) is 4.84. The molecule has 5 aromatic rings. The number of halogens is 1. The van der Waals surface area contributed by atoms with Gasteiger partial charge in [-0.1, -0.05) is 72.8 Å². The van der Waals surface area contributed by atoms with Gasteiger partial charge >= 0.3 is 0 Å². The number of hydrogen-bond donors (Lipinski definition) is 0. The smallest absolute Gasteiger partial charge is 0.128 e. The summed E-state index contributed by atoms with van der Waals surface area (Å²) >= 11 is 2.42. The summed E-state index contributed by atoms with van der Waals surface area (Å²) in [6, 6.07) is 35.2. The monoisotopic (exact) mass is 572 g/mol. The van der Waals surface area contributed by atoms with Gasteiger partial charge in [0.1, 0.15) is 23.9 Å². The standard InChI is InChI=1S/C31H25IO3/c1-33-24-15-13-22(14-16-24)25-17-27-26(18-29(25)34-2)30(35-20-21-9-5-3-6-10-21)19-28(32)31(27)23-11-7-4-8-12-23/h3-19H,20H2,1-2H3. The van der Waals surface area contributed by atoms with Crippen molar-refractivity contribution in [1.29, 1.82) is 0 Å². The van der Waals surface area contributed by atoms with Gasteiger partial charge in [0.05, 0.1) is 14.2 Å². The fourth-order valence-corrected chi connectivity index (χ4v) is 5.19. The SMILES string of the molecule is COc1ccc(-c2cc3c(-c4ccccc4)c(I)cc(OCc4ccccc4)c3cc2OC)cc1. The average molecular weight is 572 g/mol. The summed E-state index contributed by atoms with van der Waals surface area (Å²) in [6.45, 7) is 0.499. The van der Waals surface area contributed by atoms with E-state index in [1.807, 2.05) is 36.4 Å². The van der Waals surface area contributed by atoms with Crippen LogP contribution in [0.15, 0.2) is 103 Å². The highest BCUT2D eigenvalue weighted by Crippen LogP contribution is 2.44. The number of hydrogen-bond acceptors (Lipinski definition) is 3. The molecule has 4 heteroatoms. The molecule has 0 aliphatic heterocycles. The van der Waals surface area contributed by atoms with Crippen LogP contribution in [0.1, 0.15) is 5.56 Å². The van der Waals surface area contributed by atoms with E-state index in [0.717, 1.165) is 48.3 Å². The first-order chi connectivity index (χ1) is 17.2. The first kappa shape index (κ1) is 23.2. The van der Waals surface area contributed by atoms with Crippen molar-refractivity contribution in [3.05, 3.63) is 112 Å². The Bertz CT molecular complexity index is 1450. The van der Waals surface area contributed by atoms with Gasteiger partial charge in [0.15, 0.2) is 0 Å². The van der Waals surface area contributed by atoms with Gasteiger partial charge in [0.2, 0.25) is 0 Å². The number of benzene rings is 5. The lowest BCUT2D eigenvalue weighted by Crippen LogP contribution is -1.99. The zero-order valence-electron chi connectivity index (χ0n) is 19.6. The molecule has 174 valence electrons. The maximum atomic E-state index is 6.38. The number of fused-ring (bicyclic) bond motifs is 1. The molecule has 0 fully saturated rings. The molecule has 0 bridgehead atoms. The van der Waals surface area contributed by atoms with Gasteiger partial charge in [-0.2, -0.15) is 0 Å². The molecular weight excluding hydrogens is 547 g/mol. The summed E-state index contributed by atoms with van der Waals surface area (Å²) in [5, 5.41) is 2.15. The number of methoxy groups -OCH3 is 2. The Morgan fingerprint density at radius 3 is 1.97 bits per heavy atom. The Morgan fingerprint density at radius 2 is 1.31 bits per heavy atom. The second-order valence-corrected chi connectivity index (χ2v) is 9.36. The Hall–Kier alpha value is -3.51. The van der Waals surface area contributed by atoms with Crippen molar-refractivity contribution >= 4 is 33.4 Å². The van der Waals surface area contributed by atoms with E-state index in [0.29, 0.717) is 6.61 Å². The molecule has 3 nitrogen and oxygen atoms in total. The third-order valence-corrected chi connectivity index (χ3v) is 6.92. The predicted molar refractivity (Wildman–Crippen MR) is 151 cm³/mol. The highest BCUT2D eigenvalue weighted by molar-refractivity contribution is 14.1. The molecule has 35 heavy (non-hydrogen) atoms. The second kappa shape index (κ2) is 10.4. The molecule has 0 atom stereocenters. The molecule has 0 radical (unpaired) electrons. The van der Waals surface area contributed by atoms with Crippen molar-refractivity contribution in [1.82, 2.24) is 0 Å². The molecule has 0 heterocycles. The minimum absolute atomic E-state index is 0.499. The van der Waals surface area contributed by atoms with Gasteiger partial charge in [-0.25, -0.2) is 0 Å². The molecule has 0 aliphatic rings. The number of ether oxygens (including phenoxy) is 3. The third-order valence-electron chi connectivity index (χ3n) is 6.07. The second-order valence-electron chi connectivity index (χ2n) is 8.20. The summed E-state index contributed by atoms with van der Waals surface area (Å²) in [4.78, 5) is 0. The van der Waals surface area contributed by atoms with Gasteiger partial charge in [-0.15, -0.1) is 0 Å². The Morgan fingerprint density at radius 1 is 0.629 bits per heavy atom. The van der Waals surface area contributed by atoms with E-state index in [9.17, 15) is 0 Å². The van der Waals surface area contributed by atoms with Gasteiger partial charge < -0.3 is 14.2 Å². The van der Waals surface area contributed by atoms with Crippen LogP contribution in [0.5, 0.6) is 17.2 Å². The van der Waals surface area contributed by atoms with Crippen molar-refractivity contribution in [3.63, 3.8) is 0 Å². The Balaban J connectivity index is 1.72. The van der Waals surface area contributed by atoms with Crippen molar-refractivity contribution in [2.45, 2.75) is 6.61 Å². The van der Waals surface area contributed by atoms with E-state index in [1.54, 1.807) is 14.2 Å². The molecule has 0 saturated carbocycles. The largest absolute Gasteiger partial charge is 0.497 e. The molecular formula is C31H25IO3. The first-order valence-corrected chi connectivity index (χ1v) is 12.5. The maximum absolute atomic E-state index is 6.38. The minimum Gasteiger partial charge on any atom is -0.497 e. The van der Waals surface area contributed by atoms with Crippen molar-refractivity contribution < 1.29 is 14.2 Å². The van der Waals surface area contributed by atoms with Gasteiger partial charge in [0, 0.05) is 20.1 Å². The van der Waals surface area contributed by atoms with Crippen LogP contribution >= 0.6 is 22.6 Å². The molecule has 0 amide bonds. The summed E-state index contributed by atoms with van der Waals surface area (Å²) < 4.78 is 18.7. The highest BCUT2D eigenvalue weighted by Gasteiger charge is 2.18. The molecule has 5 aromatic carbocycles. The fraction of sp³-hybridized carbons (Fsp3) is 0.0968. The van der Waals surface area contributed by atoms with Crippen LogP contribution in [-0.4, -0.2) is 14.2 Å². The molecule has 5 rings (SSSR count). The molecule has 0 saturated heterocycles. The molecule has 0 N–H and O–H groups in total. The molecule has 0 aromatic heterocycles. The first-order valence-electron chi connectivity index (χ1n) is 11.4. The quantitative estimate of drug-likeness (QED) is 0.184. The lowest BCUT2D eigenvalue weighted by Gasteiger charge is -2.18. The zero-order valence-corrected chi connectivity index (χ0v) is 21.8. The lowest BCUT2D eigenvalue weighted by atomic mass is 9.93. The zero-order chi connectivity index (χ0) is 24.2. The van der Waals surface area contributed by atoms with Crippen LogP contribution in [-0.2, 0) is 6.61 Å². The fourth-order valence-electron chi connectivity index (χ4n) is 4.30. The van der Waals surface area contributed by atoms with Crippen LogP contribution in [0.4, 0.5) is 0 Å². The minimum atomic E-state index is 0.499. The topological polar surface area (TPSA) is 27.7 Å². The maximum Gasteiger partial charge on any atom is 0.128 e.